The van der Waals surface area contributed by atoms with Crippen LogP contribution in [0.25, 0.3) is 0 Å². The molecule has 1 saturated heterocycles. The lowest BCUT2D eigenvalue weighted by molar-refractivity contribution is 0.430. The van der Waals surface area contributed by atoms with Crippen molar-refractivity contribution in [2.24, 2.45) is 17.8 Å². The number of allylic oxidation sites excluding steroid dienone is 16. The minimum absolute atomic E-state index is 0.0675. The summed E-state index contributed by atoms with van der Waals surface area (Å²) in [5.74, 6) is 1.31. The van der Waals surface area contributed by atoms with Gasteiger partial charge in [-0.15, -0.1) is 0 Å². The summed E-state index contributed by atoms with van der Waals surface area (Å²) < 4.78 is 28.9. The molecule has 1 fully saturated rings. The van der Waals surface area contributed by atoms with Crippen LogP contribution in [0.5, 0.6) is 0 Å². The third kappa shape index (κ3) is 7.51. The van der Waals surface area contributed by atoms with Gasteiger partial charge in [-0.25, -0.2) is 8.78 Å². The Morgan fingerprint density at radius 3 is 2.18 bits per heavy atom. The van der Waals surface area contributed by atoms with Gasteiger partial charge in [0.1, 0.15) is 11.6 Å². The molecule has 8 aliphatic rings. The van der Waals surface area contributed by atoms with E-state index in [9.17, 15) is 8.78 Å². The Morgan fingerprint density at radius 1 is 0.657 bits per heavy atom. The number of fused-ring (bicyclic) bond motifs is 6. The van der Waals surface area contributed by atoms with Gasteiger partial charge in [-0.2, -0.15) is 0 Å². The minimum Gasteiger partial charge on any atom is -0.360 e. The van der Waals surface area contributed by atoms with Gasteiger partial charge in [0.05, 0.1) is 12.1 Å². The second-order valence-corrected chi connectivity index (χ2v) is 19.3. The van der Waals surface area contributed by atoms with Crippen molar-refractivity contribution in [2.75, 3.05) is 19.6 Å². The summed E-state index contributed by atoms with van der Waals surface area (Å²) in [5, 5.41) is 0. The minimum atomic E-state index is -0.244. The van der Waals surface area contributed by atoms with E-state index in [0.29, 0.717) is 42.7 Å². The SMILES string of the molecule is CC1C=CCCC1N1c2ccc(N(C3=CCC(c4ccc(N(C5=CC=C(F)CC5)C5=CC=C6C(C5)C5C=CC=CC5N6c5ccccc5)cc4)C=C3)c3ccc(F)cc3)cc2C2C=CC=C[C@@H]21. The van der Waals surface area contributed by atoms with E-state index < -0.39 is 0 Å². The quantitative estimate of drug-likeness (QED) is 0.155. The van der Waals surface area contributed by atoms with E-state index in [-0.39, 0.29) is 29.5 Å². The average molecular weight is 883 g/mol. The van der Waals surface area contributed by atoms with E-state index in [1.54, 1.807) is 18.2 Å². The van der Waals surface area contributed by atoms with Gasteiger partial charge in [0.2, 0.25) is 0 Å². The lowest BCUT2D eigenvalue weighted by Gasteiger charge is -2.40. The molecule has 0 aromatic heterocycles. The van der Waals surface area contributed by atoms with Crippen molar-refractivity contribution >= 4 is 28.4 Å². The second kappa shape index (κ2) is 17.4. The van der Waals surface area contributed by atoms with Crippen molar-refractivity contribution in [3.05, 3.63) is 246 Å². The lowest BCUT2D eigenvalue weighted by atomic mass is 9.81. The molecule has 0 N–H and O–H groups in total. The van der Waals surface area contributed by atoms with E-state index in [2.05, 4.69) is 190 Å². The van der Waals surface area contributed by atoms with Gasteiger partial charge in [0.15, 0.2) is 0 Å². The molecule has 0 spiro atoms. The molecule has 2 aliphatic heterocycles. The van der Waals surface area contributed by atoms with Gasteiger partial charge in [-0.05, 0) is 146 Å². The van der Waals surface area contributed by atoms with Crippen molar-refractivity contribution in [3.8, 4) is 0 Å². The largest absolute Gasteiger partial charge is 0.360 e. The molecule has 8 atom stereocenters. The zero-order valence-electron chi connectivity index (χ0n) is 38.0. The third-order valence-corrected chi connectivity index (χ3v) is 15.5. The van der Waals surface area contributed by atoms with Crippen LogP contribution in [0.2, 0.25) is 0 Å². The molecule has 4 nitrogen and oxygen atoms in total. The Bertz CT molecular complexity index is 2910. The normalized spacial score (nSPS) is 27.6. The summed E-state index contributed by atoms with van der Waals surface area (Å²) in [6, 6.07) is 34.7. The summed E-state index contributed by atoms with van der Waals surface area (Å²) in [6.07, 6.45) is 43.2. The molecule has 4 aromatic carbocycles. The Balaban J connectivity index is 0.830. The smallest absolute Gasteiger partial charge is 0.123 e. The molecule has 0 amide bonds. The maximum absolute atomic E-state index is 14.5. The molecule has 2 heterocycles. The fourth-order valence-corrected chi connectivity index (χ4v) is 12.3. The van der Waals surface area contributed by atoms with Gasteiger partial charge < -0.3 is 19.6 Å². The molecular formula is C61H56F2N4. The summed E-state index contributed by atoms with van der Waals surface area (Å²) in [6.45, 7) is 2.35. The molecule has 6 heteroatoms. The summed E-state index contributed by atoms with van der Waals surface area (Å²) in [5.41, 5.74) is 13.0. The Kier molecular flexibility index (Phi) is 10.8. The highest BCUT2D eigenvalue weighted by molar-refractivity contribution is 5.77. The third-order valence-electron chi connectivity index (χ3n) is 15.5. The first kappa shape index (κ1) is 41.5. The molecule has 0 radical (unpaired) electrons. The van der Waals surface area contributed by atoms with Gasteiger partial charge in [-0.1, -0.05) is 110 Å². The number of nitrogens with zero attached hydrogens (tertiary/aromatic N) is 4. The zero-order valence-corrected chi connectivity index (χ0v) is 38.0. The second-order valence-electron chi connectivity index (χ2n) is 19.3. The van der Waals surface area contributed by atoms with E-state index in [1.165, 1.54) is 33.9 Å². The molecule has 4 aromatic rings. The number of rotatable bonds is 9. The van der Waals surface area contributed by atoms with Crippen molar-refractivity contribution in [2.45, 2.75) is 75.4 Å². The predicted molar refractivity (Wildman–Crippen MR) is 272 cm³/mol. The molecule has 7 unspecified atom stereocenters. The fraction of sp³-hybridized carbons (Fsp3) is 0.246. The molecule has 0 saturated carbocycles. The van der Waals surface area contributed by atoms with Gasteiger partial charge in [-0.3, -0.25) is 0 Å². The number of para-hydroxylation sites is 1. The van der Waals surface area contributed by atoms with E-state index >= 15 is 0 Å². The first-order chi connectivity index (χ1) is 33.0. The summed E-state index contributed by atoms with van der Waals surface area (Å²) in [4.78, 5) is 9.89. The lowest BCUT2D eigenvalue weighted by Crippen LogP contribution is -2.45. The van der Waals surface area contributed by atoms with Crippen LogP contribution in [0.15, 0.2) is 229 Å². The predicted octanol–water partition coefficient (Wildman–Crippen LogP) is 15.1. The van der Waals surface area contributed by atoms with Crippen LogP contribution < -0.4 is 19.6 Å². The molecule has 67 heavy (non-hydrogen) atoms. The van der Waals surface area contributed by atoms with Gasteiger partial charge >= 0.3 is 0 Å². The van der Waals surface area contributed by atoms with Crippen LogP contribution in [0.1, 0.15) is 68.4 Å². The van der Waals surface area contributed by atoms with Crippen LogP contribution in [0, 0.1) is 23.6 Å². The topological polar surface area (TPSA) is 13.0 Å². The number of halogens is 2. The van der Waals surface area contributed by atoms with Crippen LogP contribution in [-0.4, -0.2) is 18.1 Å². The van der Waals surface area contributed by atoms with E-state index in [1.807, 2.05) is 18.2 Å². The average Bonchev–Trinajstić information content (AvgIpc) is 3.88. The maximum atomic E-state index is 14.5. The van der Waals surface area contributed by atoms with E-state index in [4.69, 9.17) is 0 Å². The summed E-state index contributed by atoms with van der Waals surface area (Å²) in [7, 11) is 0. The Morgan fingerprint density at radius 2 is 1.40 bits per heavy atom. The highest BCUT2D eigenvalue weighted by Crippen LogP contribution is 2.51. The fourth-order valence-electron chi connectivity index (χ4n) is 12.3. The van der Waals surface area contributed by atoms with Gasteiger partial charge in [0, 0.05) is 87.4 Å². The first-order valence-corrected chi connectivity index (χ1v) is 24.4. The Labute approximate surface area is 394 Å². The van der Waals surface area contributed by atoms with Crippen molar-refractivity contribution < 1.29 is 8.78 Å². The first-order valence-electron chi connectivity index (χ1n) is 24.4. The van der Waals surface area contributed by atoms with Crippen LogP contribution in [0.3, 0.4) is 0 Å². The number of hydrogen-bond acceptors (Lipinski definition) is 4. The van der Waals surface area contributed by atoms with Crippen LogP contribution in [-0.2, 0) is 0 Å². The standard InChI is InChI=1S/C61H56F2N4/c1-41-11-5-8-16-57(41)67-59-18-10-7-15-54(59)56-40-52(36-38-61(56)67)65(50-33-25-45(63)26-34-50)48-29-21-43(22-30-48)42-19-27-47(28-20-42)64(49-31-23-44(62)24-32-49)51-35-37-60-55(39-51)53-14-6-9-17-58(53)66(60)46-12-3-2-4-13-46/h2-7,9-15,17-21,23,25-31,33-38,40-41,43,53-55,57-59H,8,16,22,24,32,39H2,1H3/t41?,43?,53?,54?,55?,57?,58?,59-/m0/s1. The summed E-state index contributed by atoms with van der Waals surface area (Å²) >= 11 is 0. The number of benzene rings is 4. The van der Waals surface area contributed by atoms with Crippen LogP contribution >= 0.6 is 0 Å². The number of anilines is 5. The van der Waals surface area contributed by atoms with Crippen LogP contribution in [0.4, 0.5) is 37.2 Å². The molecule has 0 bridgehead atoms. The van der Waals surface area contributed by atoms with E-state index in [0.717, 1.165) is 54.1 Å². The van der Waals surface area contributed by atoms with Crippen molar-refractivity contribution in [1.29, 1.82) is 0 Å². The molecule has 12 rings (SSSR count). The maximum Gasteiger partial charge on any atom is 0.123 e. The van der Waals surface area contributed by atoms with Crippen molar-refractivity contribution in [3.63, 3.8) is 0 Å². The monoisotopic (exact) mass is 882 g/mol. The van der Waals surface area contributed by atoms with Gasteiger partial charge in [0.25, 0.3) is 0 Å². The molecule has 334 valence electrons. The highest BCUT2D eigenvalue weighted by Gasteiger charge is 2.46. The Hall–Kier alpha value is -6.92. The highest BCUT2D eigenvalue weighted by atomic mass is 19.1. The molecule has 6 aliphatic carbocycles. The van der Waals surface area contributed by atoms with Crippen molar-refractivity contribution in [1.82, 2.24) is 0 Å². The zero-order chi connectivity index (χ0) is 45.0. The number of hydrogen-bond donors (Lipinski definition) is 0. The molecular weight excluding hydrogens is 827 g/mol.